The van der Waals surface area contributed by atoms with Gasteiger partial charge in [0.1, 0.15) is 0 Å². The number of likely N-dealkylation sites (tertiary alicyclic amines) is 1. The number of nitrogens with one attached hydrogen (secondary N) is 1. The number of H-pyrrole nitrogens is 1. The SMILES string of the molecule is CN1CCC[C@@H]1Cn1cc(-c2ccccc2)c(=O)[nH]1. The summed E-state index contributed by atoms with van der Waals surface area (Å²) in [6.45, 7) is 2.01. The second-order valence-electron chi connectivity index (χ2n) is 5.28. The third kappa shape index (κ3) is 2.49. The molecule has 2 aromatic rings. The first-order chi connectivity index (χ1) is 9.24. The van der Waals surface area contributed by atoms with Crippen LogP contribution in [0.4, 0.5) is 0 Å². The molecule has 0 radical (unpaired) electrons. The number of likely N-dealkylation sites (N-methyl/N-ethyl adjacent to an activating group) is 1. The second kappa shape index (κ2) is 5.05. The molecule has 1 aromatic carbocycles. The summed E-state index contributed by atoms with van der Waals surface area (Å²) in [4.78, 5) is 14.4. The van der Waals surface area contributed by atoms with E-state index in [1.807, 2.05) is 41.2 Å². The maximum atomic E-state index is 12.0. The molecule has 4 nitrogen and oxygen atoms in total. The Morgan fingerprint density at radius 2 is 2.11 bits per heavy atom. The number of hydrogen-bond donors (Lipinski definition) is 1. The highest BCUT2D eigenvalue weighted by Gasteiger charge is 2.21. The Morgan fingerprint density at radius 1 is 1.32 bits per heavy atom. The van der Waals surface area contributed by atoms with Crippen LogP contribution in [-0.4, -0.2) is 34.3 Å². The predicted molar refractivity (Wildman–Crippen MR) is 76.1 cm³/mol. The maximum absolute atomic E-state index is 12.0. The van der Waals surface area contributed by atoms with Crippen LogP contribution < -0.4 is 5.56 Å². The molecule has 0 unspecified atom stereocenters. The molecule has 1 fully saturated rings. The van der Waals surface area contributed by atoms with E-state index < -0.39 is 0 Å². The van der Waals surface area contributed by atoms with Crippen LogP contribution in [0.3, 0.4) is 0 Å². The molecular formula is C15H19N3O. The van der Waals surface area contributed by atoms with Crippen LogP contribution >= 0.6 is 0 Å². The van der Waals surface area contributed by atoms with Crippen molar-refractivity contribution in [1.82, 2.24) is 14.7 Å². The van der Waals surface area contributed by atoms with Crippen molar-refractivity contribution in [3.8, 4) is 11.1 Å². The van der Waals surface area contributed by atoms with E-state index in [2.05, 4.69) is 17.0 Å². The van der Waals surface area contributed by atoms with E-state index in [9.17, 15) is 4.79 Å². The van der Waals surface area contributed by atoms with Crippen molar-refractivity contribution in [2.75, 3.05) is 13.6 Å². The third-order valence-electron chi connectivity index (χ3n) is 3.94. The number of nitrogens with zero attached hydrogens (tertiary/aromatic N) is 2. The van der Waals surface area contributed by atoms with Crippen LogP contribution in [-0.2, 0) is 6.54 Å². The highest BCUT2D eigenvalue weighted by atomic mass is 16.1. The lowest BCUT2D eigenvalue weighted by Gasteiger charge is -2.19. The van der Waals surface area contributed by atoms with Crippen LogP contribution in [0.1, 0.15) is 12.8 Å². The third-order valence-corrected chi connectivity index (χ3v) is 3.94. The number of hydrogen-bond acceptors (Lipinski definition) is 2. The first-order valence-electron chi connectivity index (χ1n) is 6.79. The van der Waals surface area contributed by atoms with Gasteiger partial charge in [-0.15, -0.1) is 0 Å². The molecule has 100 valence electrons. The summed E-state index contributed by atoms with van der Waals surface area (Å²) >= 11 is 0. The van der Waals surface area contributed by atoms with Gasteiger partial charge in [0, 0.05) is 12.2 Å². The smallest absolute Gasteiger partial charge is 0.271 e. The van der Waals surface area contributed by atoms with E-state index >= 15 is 0 Å². The molecule has 0 bridgehead atoms. The molecule has 0 spiro atoms. The van der Waals surface area contributed by atoms with E-state index in [4.69, 9.17) is 0 Å². The molecule has 1 saturated heterocycles. The topological polar surface area (TPSA) is 41.0 Å². The zero-order chi connectivity index (χ0) is 13.2. The molecule has 0 saturated carbocycles. The molecule has 4 heteroatoms. The van der Waals surface area contributed by atoms with Crippen LogP contribution in [0.25, 0.3) is 11.1 Å². The highest BCUT2D eigenvalue weighted by molar-refractivity contribution is 5.61. The van der Waals surface area contributed by atoms with E-state index in [0.29, 0.717) is 6.04 Å². The van der Waals surface area contributed by atoms with Gasteiger partial charge in [-0.3, -0.25) is 14.6 Å². The van der Waals surface area contributed by atoms with Gasteiger partial charge in [0.25, 0.3) is 5.56 Å². The summed E-state index contributed by atoms with van der Waals surface area (Å²) in [5, 5.41) is 2.93. The molecule has 1 aliphatic rings. The molecule has 0 amide bonds. The summed E-state index contributed by atoms with van der Waals surface area (Å²) in [6, 6.07) is 10.3. The normalized spacial score (nSPS) is 19.9. The molecule has 2 heterocycles. The fraction of sp³-hybridized carbons (Fsp3) is 0.400. The Kier molecular flexibility index (Phi) is 3.25. The van der Waals surface area contributed by atoms with E-state index in [1.54, 1.807) is 0 Å². The number of benzene rings is 1. The number of aromatic amines is 1. The molecule has 3 rings (SSSR count). The zero-order valence-electron chi connectivity index (χ0n) is 11.2. The van der Waals surface area contributed by atoms with Crippen molar-refractivity contribution < 1.29 is 0 Å². The fourth-order valence-corrected chi connectivity index (χ4v) is 2.80. The Hall–Kier alpha value is -1.81. The minimum Gasteiger partial charge on any atom is -0.302 e. The van der Waals surface area contributed by atoms with Gasteiger partial charge in [0.15, 0.2) is 0 Å². The van der Waals surface area contributed by atoms with Crippen LogP contribution in [0.5, 0.6) is 0 Å². The molecule has 1 atom stereocenters. The van der Waals surface area contributed by atoms with E-state index in [1.165, 1.54) is 12.8 Å². The predicted octanol–water partition coefficient (Wildman–Crippen LogP) is 1.94. The zero-order valence-corrected chi connectivity index (χ0v) is 11.2. The lowest BCUT2D eigenvalue weighted by atomic mass is 10.1. The van der Waals surface area contributed by atoms with E-state index in [0.717, 1.165) is 24.2 Å². The van der Waals surface area contributed by atoms with Gasteiger partial charge < -0.3 is 4.90 Å². The van der Waals surface area contributed by atoms with Crippen molar-refractivity contribution in [1.29, 1.82) is 0 Å². The minimum absolute atomic E-state index is 0.00755. The Balaban J connectivity index is 1.84. The molecule has 1 N–H and O–H groups in total. The van der Waals surface area contributed by atoms with Crippen LogP contribution in [0, 0.1) is 0 Å². The standard InChI is InChI=1S/C15H19N3O/c1-17-9-5-8-13(17)10-18-11-14(15(19)16-18)12-6-3-2-4-7-12/h2-4,6-7,11,13H,5,8-10H2,1H3,(H,16,19)/t13-/m1/s1. The van der Waals surface area contributed by atoms with Gasteiger partial charge in [0.2, 0.25) is 0 Å². The van der Waals surface area contributed by atoms with Gasteiger partial charge >= 0.3 is 0 Å². The summed E-state index contributed by atoms with van der Waals surface area (Å²) in [5.74, 6) is 0. The van der Waals surface area contributed by atoms with Gasteiger partial charge in [-0.1, -0.05) is 30.3 Å². The lowest BCUT2D eigenvalue weighted by Crippen LogP contribution is -2.29. The second-order valence-corrected chi connectivity index (χ2v) is 5.28. The van der Waals surface area contributed by atoms with Crippen LogP contribution in [0.2, 0.25) is 0 Å². The van der Waals surface area contributed by atoms with E-state index in [-0.39, 0.29) is 5.56 Å². The number of rotatable bonds is 3. The van der Waals surface area contributed by atoms with Crippen molar-refractivity contribution in [3.05, 3.63) is 46.9 Å². The summed E-state index contributed by atoms with van der Waals surface area (Å²) in [5.41, 5.74) is 1.72. The summed E-state index contributed by atoms with van der Waals surface area (Å²) in [6.07, 6.45) is 4.39. The van der Waals surface area contributed by atoms with Crippen LogP contribution in [0.15, 0.2) is 41.3 Å². The lowest BCUT2D eigenvalue weighted by molar-refractivity contribution is 0.274. The quantitative estimate of drug-likeness (QED) is 0.913. The van der Waals surface area contributed by atoms with Gasteiger partial charge in [-0.05, 0) is 32.0 Å². The van der Waals surface area contributed by atoms with Crippen molar-refractivity contribution in [3.63, 3.8) is 0 Å². The first kappa shape index (κ1) is 12.2. The van der Waals surface area contributed by atoms with Gasteiger partial charge in [-0.25, -0.2) is 0 Å². The maximum Gasteiger partial charge on any atom is 0.271 e. The fourth-order valence-electron chi connectivity index (χ4n) is 2.80. The molecular weight excluding hydrogens is 238 g/mol. The summed E-state index contributed by atoms with van der Waals surface area (Å²) < 4.78 is 1.93. The Morgan fingerprint density at radius 3 is 2.79 bits per heavy atom. The Labute approximate surface area is 112 Å². The largest absolute Gasteiger partial charge is 0.302 e. The Bertz CT molecular complexity index is 599. The van der Waals surface area contributed by atoms with Crippen molar-refractivity contribution in [2.45, 2.75) is 25.4 Å². The van der Waals surface area contributed by atoms with Gasteiger partial charge in [0.05, 0.1) is 12.1 Å². The minimum atomic E-state index is -0.00755. The molecule has 1 aliphatic heterocycles. The molecule has 19 heavy (non-hydrogen) atoms. The monoisotopic (exact) mass is 257 g/mol. The average molecular weight is 257 g/mol. The molecule has 1 aromatic heterocycles. The first-order valence-corrected chi connectivity index (χ1v) is 6.79. The molecule has 0 aliphatic carbocycles. The average Bonchev–Trinajstić information content (AvgIpc) is 2.98. The van der Waals surface area contributed by atoms with Crippen molar-refractivity contribution in [2.24, 2.45) is 0 Å². The highest BCUT2D eigenvalue weighted by Crippen LogP contribution is 2.18. The number of aromatic nitrogens is 2. The van der Waals surface area contributed by atoms with Crippen molar-refractivity contribution >= 4 is 0 Å². The van der Waals surface area contributed by atoms with Gasteiger partial charge in [-0.2, -0.15) is 0 Å². The summed E-state index contributed by atoms with van der Waals surface area (Å²) in [7, 11) is 2.15.